The van der Waals surface area contributed by atoms with Crippen molar-refractivity contribution in [1.29, 1.82) is 0 Å². The Balaban J connectivity index is 1.91. The van der Waals surface area contributed by atoms with Crippen molar-refractivity contribution in [3.63, 3.8) is 0 Å². The molecule has 2 aromatic carbocycles. The molecule has 0 spiro atoms. The lowest BCUT2D eigenvalue weighted by Gasteiger charge is -2.20. The van der Waals surface area contributed by atoms with Crippen LogP contribution in [0.2, 0.25) is 0 Å². The van der Waals surface area contributed by atoms with Crippen LogP contribution in [0.4, 0.5) is 5.69 Å². The van der Waals surface area contributed by atoms with E-state index in [2.05, 4.69) is 11.4 Å². The largest absolute Gasteiger partial charge is 0.335 e. The highest BCUT2D eigenvalue weighted by Crippen LogP contribution is 2.27. The lowest BCUT2D eigenvalue weighted by molar-refractivity contribution is -0.116. The third kappa shape index (κ3) is 4.13. The van der Waals surface area contributed by atoms with Gasteiger partial charge in [-0.25, -0.2) is 8.42 Å². The van der Waals surface area contributed by atoms with Gasteiger partial charge in [-0.05, 0) is 61.5 Å². The van der Waals surface area contributed by atoms with E-state index in [0.29, 0.717) is 18.8 Å². The average molecular weight is 428 g/mol. The molecule has 1 amide bonds. The zero-order valence-corrected chi connectivity index (χ0v) is 19.0. The van der Waals surface area contributed by atoms with Gasteiger partial charge in [0.1, 0.15) is 6.54 Å². The second kappa shape index (κ2) is 8.62. The van der Waals surface area contributed by atoms with Gasteiger partial charge in [-0.2, -0.15) is 4.31 Å². The van der Waals surface area contributed by atoms with Gasteiger partial charge < -0.3 is 9.88 Å². The van der Waals surface area contributed by atoms with Crippen LogP contribution in [-0.2, 0) is 21.4 Å². The van der Waals surface area contributed by atoms with Gasteiger partial charge in [0.25, 0.3) is 0 Å². The van der Waals surface area contributed by atoms with E-state index in [1.165, 1.54) is 4.31 Å². The first kappa shape index (κ1) is 22.1. The number of para-hydroxylation sites is 1. The molecule has 3 aromatic rings. The SMILES string of the molecule is CCN(CC)S(=O)(=O)c1cc(C)c(C)c(NC(=O)Cn2c(C)cc3ccccc32)c1. The van der Waals surface area contributed by atoms with Crippen LogP contribution in [0.25, 0.3) is 10.9 Å². The highest BCUT2D eigenvalue weighted by atomic mass is 32.2. The zero-order valence-electron chi connectivity index (χ0n) is 18.2. The Bertz CT molecular complexity index is 1190. The fraction of sp³-hybridized carbons (Fsp3) is 0.348. The van der Waals surface area contributed by atoms with E-state index in [-0.39, 0.29) is 17.3 Å². The molecule has 160 valence electrons. The number of hydrogen-bond acceptors (Lipinski definition) is 3. The van der Waals surface area contributed by atoms with Crippen LogP contribution < -0.4 is 5.32 Å². The molecule has 0 unspecified atom stereocenters. The Morgan fingerprint density at radius 2 is 1.70 bits per heavy atom. The topological polar surface area (TPSA) is 71.4 Å². The molecule has 0 saturated carbocycles. The van der Waals surface area contributed by atoms with E-state index in [4.69, 9.17) is 0 Å². The zero-order chi connectivity index (χ0) is 22.1. The van der Waals surface area contributed by atoms with Gasteiger partial charge in [0, 0.05) is 30.0 Å². The summed E-state index contributed by atoms with van der Waals surface area (Å²) in [6.07, 6.45) is 0. The number of rotatable bonds is 7. The van der Waals surface area contributed by atoms with Crippen LogP contribution in [0.1, 0.15) is 30.7 Å². The molecule has 0 bridgehead atoms. The molecule has 0 atom stereocenters. The smallest absolute Gasteiger partial charge is 0.244 e. The Morgan fingerprint density at radius 3 is 2.37 bits per heavy atom. The summed E-state index contributed by atoms with van der Waals surface area (Å²) in [6.45, 7) is 10.3. The number of nitrogens with one attached hydrogen (secondary N) is 1. The average Bonchev–Trinajstić information content (AvgIpc) is 3.01. The summed E-state index contributed by atoms with van der Waals surface area (Å²) in [5.74, 6) is -0.195. The third-order valence-corrected chi connectivity index (χ3v) is 7.61. The summed E-state index contributed by atoms with van der Waals surface area (Å²) in [5.41, 5.74) is 4.20. The van der Waals surface area contributed by atoms with Gasteiger partial charge in [0.2, 0.25) is 15.9 Å². The first-order valence-electron chi connectivity index (χ1n) is 10.1. The maximum absolute atomic E-state index is 13.0. The fourth-order valence-corrected chi connectivity index (χ4v) is 5.28. The van der Waals surface area contributed by atoms with Gasteiger partial charge >= 0.3 is 0 Å². The summed E-state index contributed by atoms with van der Waals surface area (Å²) in [6, 6.07) is 13.2. The minimum absolute atomic E-state index is 0.158. The molecule has 0 saturated heterocycles. The van der Waals surface area contributed by atoms with Crippen molar-refractivity contribution in [2.45, 2.75) is 46.1 Å². The number of carbonyl (C=O) groups excluding carboxylic acids is 1. The normalized spacial score (nSPS) is 11.9. The summed E-state index contributed by atoms with van der Waals surface area (Å²) in [4.78, 5) is 13.1. The summed E-state index contributed by atoms with van der Waals surface area (Å²) in [7, 11) is -3.61. The first-order chi connectivity index (χ1) is 14.2. The van der Waals surface area contributed by atoms with Crippen molar-refractivity contribution in [3.05, 3.63) is 59.3 Å². The number of fused-ring (bicyclic) bond motifs is 1. The van der Waals surface area contributed by atoms with E-state index in [1.54, 1.807) is 12.1 Å². The highest BCUT2D eigenvalue weighted by Gasteiger charge is 2.23. The standard InChI is InChI=1S/C23H29N3O3S/c1-6-25(7-2)30(28,29)20-12-16(3)18(5)21(14-20)24-23(27)15-26-17(4)13-19-10-8-9-11-22(19)26/h8-14H,6-7,15H2,1-5H3,(H,24,27). The number of anilines is 1. The lowest BCUT2D eigenvalue weighted by Crippen LogP contribution is -2.31. The van der Waals surface area contributed by atoms with Crippen molar-refractivity contribution in [2.75, 3.05) is 18.4 Å². The molecule has 0 aliphatic carbocycles. The molecule has 1 N–H and O–H groups in total. The van der Waals surface area contributed by atoms with Crippen LogP contribution in [0.5, 0.6) is 0 Å². The fourth-order valence-electron chi connectivity index (χ4n) is 3.71. The molecule has 0 fully saturated rings. The quantitative estimate of drug-likeness (QED) is 0.613. The highest BCUT2D eigenvalue weighted by molar-refractivity contribution is 7.89. The molecule has 1 heterocycles. The number of amides is 1. The molecule has 0 radical (unpaired) electrons. The van der Waals surface area contributed by atoms with Crippen molar-refractivity contribution in [3.8, 4) is 0 Å². The number of benzene rings is 2. The number of hydrogen-bond donors (Lipinski definition) is 1. The van der Waals surface area contributed by atoms with Crippen molar-refractivity contribution < 1.29 is 13.2 Å². The molecular weight excluding hydrogens is 398 g/mol. The second-order valence-electron chi connectivity index (χ2n) is 7.48. The third-order valence-electron chi connectivity index (χ3n) is 5.58. The van der Waals surface area contributed by atoms with E-state index >= 15 is 0 Å². The predicted octanol–water partition coefficient (Wildman–Crippen LogP) is 4.24. The van der Waals surface area contributed by atoms with E-state index in [1.807, 2.05) is 63.5 Å². The molecule has 6 nitrogen and oxygen atoms in total. The van der Waals surface area contributed by atoms with E-state index in [9.17, 15) is 13.2 Å². The number of carbonyl (C=O) groups is 1. The molecule has 30 heavy (non-hydrogen) atoms. The number of sulfonamides is 1. The van der Waals surface area contributed by atoms with Crippen molar-refractivity contribution in [2.24, 2.45) is 0 Å². The Hall–Kier alpha value is -2.64. The minimum atomic E-state index is -3.61. The van der Waals surface area contributed by atoms with E-state index in [0.717, 1.165) is 27.7 Å². The van der Waals surface area contributed by atoms with Crippen LogP contribution >= 0.6 is 0 Å². The lowest BCUT2D eigenvalue weighted by atomic mass is 10.1. The molecule has 7 heteroatoms. The van der Waals surface area contributed by atoms with Gasteiger partial charge in [-0.1, -0.05) is 32.0 Å². The summed E-state index contributed by atoms with van der Waals surface area (Å²) in [5, 5.41) is 4.01. The number of aromatic nitrogens is 1. The second-order valence-corrected chi connectivity index (χ2v) is 9.42. The van der Waals surface area contributed by atoms with Crippen molar-refractivity contribution >= 4 is 32.5 Å². The number of nitrogens with zero attached hydrogens (tertiary/aromatic N) is 2. The first-order valence-corrected chi connectivity index (χ1v) is 11.6. The molecule has 0 aliphatic rings. The number of aryl methyl sites for hydroxylation is 2. The monoisotopic (exact) mass is 427 g/mol. The molecule has 0 aliphatic heterocycles. The van der Waals surface area contributed by atoms with Crippen molar-refractivity contribution in [1.82, 2.24) is 8.87 Å². The maximum atomic E-state index is 13.0. The molecule has 3 rings (SSSR count). The minimum Gasteiger partial charge on any atom is -0.335 e. The van der Waals surface area contributed by atoms with Crippen LogP contribution in [0, 0.1) is 20.8 Å². The summed E-state index contributed by atoms with van der Waals surface area (Å²) < 4.78 is 29.3. The van der Waals surface area contributed by atoms with Crippen LogP contribution in [-0.4, -0.2) is 36.3 Å². The van der Waals surface area contributed by atoms with Crippen LogP contribution in [0.15, 0.2) is 47.4 Å². The van der Waals surface area contributed by atoms with E-state index < -0.39 is 10.0 Å². The molecule has 1 aromatic heterocycles. The van der Waals surface area contributed by atoms with Gasteiger partial charge in [0.05, 0.1) is 4.90 Å². The van der Waals surface area contributed by atoms with Gasteiger partial charge in [-0.15, -0.1) is 0 Å². The Labute approximate surface area is 178 Å². The Kier molecular flexibility index (Phi) is 6.33. The maximum Gasteiger partial charge on any atom is 0.244 e. The van der Waals surface area contributed by atoms with Gasteiger partial charge in [-0.3, -0.25) is 4.79 Å². The van der Waals surface area contributed by atoms with Crippen LogP contribution in [0.3, 0.4) is 0 Å². The van der Waals surface area contributed by atoms with Gasteiger partial charge in [0.15, 0.2) is 0 Å². The predicted molar refractivity (Wildman–Crippen MR) is 121 cm³/mol. The Morgan fingerprint density at radius 1 is 1.03 bits per heavy atom. The molecular formula is C23H29N3O3S. The summed E-state index contributed by atoms with van der Waals surface area (Å²) >= 11 is 0.